The van der Waals surface area contributed by atoms with Gasteiger partial charge in [0.25, 0.3) is 0 Å². The average Bonchev–Trinajstić information content (AvgIpc) is 2.74. The number of rotatable bonds is 6. The number of alkyl halides is 3. The van der Waals surface area contributed by atoms with E-state index in [2.05, 4.69) is 4.98 Å². The van der Waals surface area contributed by atoms with Gasteiger partial charge in [0.1, 0.15) is 0 Å². The molecule has 162 valence electrons. The fraction of sp³-hybridized carbons (Fsp3) is 0.368. The zero-order valence-electron chi connectivity index (χ0n) is 15.9. The molecule has 6 nitrogen and oxygen atoms in total. The van der Waals surface area contributed by atoms with Crippen LogP contribution in [0.5, 0.6) is 0 Å². The Morgan fingerprint density at radius 2 is 1.83 bits per heavy atom. The standard InChI is InChI=1S/C19H20F3N3O3S2/c20-19(21,22)16-4-1-5-17(11-16)30(27,28)25-9-7-24(8-10-25)18(26)14-29-13-15-3-2-6-23-12-15/h1-6,11-12H,7-10,13-14H2. The van der Waals surface area contributed by atoms with E-state index in [9.17, 15) is 26.4 Å². The summed E-state index contributed by atoms with van der Waals surface area (Å²) in [5, 5.41) is 0. The fourth-order valence-corrected chi connectivity index (χ4v) is 5.33. The van der Waals surface area contributed by atoms with Crippen LogP contribution >= 0.6 is 11.8 Å². The molecule has 3 rings (SSSR count). The minimum Gasteiger partial charge on any atom is -0.339 e. The maximum atomic E-state index is 12.9. The molecule has 2 heterocycles. The minimum atomic E-state index is -4.62. The van der Waals surface area contributed by atoms with Crippen molar-refractivity contribution >= 4 is 27.7 Å². The summed E-state index contributed by atoms with van der Waals surface area (Å²) in [4.78, 5) is 17.6. The van der Waals surface area contributed by atoms with Gasteiger partial charge in [-0.25, -0.2) is 8.42 Å². The van der Waals surface area contributed by atoms with Crippen LogP contribution in [0.4, 0.5) is 13.2 Å². The molecule has 0 unspecified atom stereocenters. The Balaban J connectivity index is 1.55. The number of halogens is 3. The number of amides is 1. The van der Waals surface area contributed by atoms with Gasteiger partial charge in [-0.1, -0.05) is 12.1 Å². The Kier molecular flexibility index (Phi) is 7.04. The van der Waals surface area contributed by atoms with Crippen LogP contribution in [0.3, 0.4) is 0 Å². The molecule has 0 radical (unpaired) electrons. The van der Waals surface area contributed by atoms with Crippen molar-refractivity contribution in [3.05, 3.63) is 59.9 Å². The molecule has 2 aromatic rings. The van der Waals surface area contributed by atoms with Gasteiger partial charge in [-0.15, -0.1) is 11.8 Å². The van der Waals surface area contributed by atoms with Crippen molar-refractivity contribution in [2.45, 2.75) is 16.8 Å². The third-order valence-electron chi connectivity index (χ3n) is 4.61. The van der Waals surface area contributed by atoms with Gasteiger partial charge >= 0.3 is 6.18 Å². The van der Waals surface area contributed by atoms with E-state index in [1.165, 1.54) is 11.8 Å². The zero-order chi connectivity index (χ0) is 21.8. The Morgan fingerprint density at radius 3 is 2.47 bits per heavy atom. The largest absolute Gasteiger partial charge is 0.416 e. The predicted octanol–water partition coefficient (Wildman–Crippen LogP) is 2.87. The molecule has 1 aliphatic rings. The first-order valence-electron chi connectivity index (χ1n) is 9.10. The van der Waals surface area contributed by atoms with E-state index in [-0.39, 0.29) is 37.8 Å². The van der Waals surface area contributed by atoms with Crippen molar-refractivity contribution < 1.29 is 26.4 Å². The Hall–Kier alpha value is -2.11. The second-order valence-electron chi connectivity index (χ2n) is 6.66. The van der Waals surface area contributed by atoms with Crippen molar-refractivity contribution in [3.63, 3.8) is 0 Å². The first-order valence-corrected chi connectivity index (χ1v) is 11.7. The van der Waals surface area contributed by atoms with Gasteiger partial charge in [-0.05, 0) is 29.8 Å². The summed E-state index contributed by atoms with van der Waals surface area (Å²) in [6.07, 6.45) is -1.22. The van der Waals surface area contributed by atoms with Crippen LogP contribution in [0.1, 0.15) is 11.1 Å². The molecular formula is C19H20F3N3O3S2. The van der Waals surface area contributed by atoms with Crippen molar-refractivity contribution in [1.82, 2.24) is 14.2 Å². The Bertz CT molecular complexity index is 977. The fourth-order valence-electron chi connectivity index (χ4n) is 2.99. The summed E-state index contributed by atoms with van der Waals surface area (Å²) in [6, 6.07) is 7.44. The smallest absolute Gasteiger partial charge is 0.339 e. The first kappa shape index (κ1) is 22.6. The number of sulfonamides is 1. The van der Waals surface area contributed by atoms with Gasteiger partial charge in [0.2, 0.25) is 15.9 Å². The Morgan fingerprint density at radius 1 is 1.10 bits per heavy atom. The number of hydrogen-bond donors (Lipinski definition) is 0. The van der Waals surface area contributed by atoms with Crippen molar-refractivity contribution in [1.29, 1.82) is 0 Å². The maximum absolute atomic E-state index is 12.9. The number of piperazine rings is 1. The van der Waals surface area contributed by atoms with Gasteiger partial charge in [-0.2, -0.15) is 17.5 Å². The van der Waals surface area contributed by atoms with E-state index in [4.69, 9.17) is 0 Å². The molecule has 1 aromatic carbocycles. The lowest BCUT2D eigenvalue weighted by Crippen LogP contribution is -2.51. The van der Waals surface area contributed by atoms with E-state index in [0.717, 1.165) is 28.1 Å². The summed E-state index contributed by atoms with van der Waals surface area (Å²) >= 11 is 1.45. The van der Waals surface area contributed by atoms with Crippen LogP contribution in [0, 0.1) is 0 Å². The molecule has 0 N–H and O–H groups in total. The number of nitrogens with zero attached hydrogens (tertiary/aromatic N) is 3. The van der Waals surface area contributed by atoms with Crippen LogP contribution in [0.2, 0.25) is 0 Å². The molecule has 1 aliphatic heterocycles. The highest BCUT2D eigenvalue weighted by Crippen LogP contribution is 2.31. The number of carbonyl (C=O) groups excluding carboxylic acids is 1. The molecule has 30 heavy (non-hydrogen) atoms. The summed E-state index contributed by atoms with van der Waals surface area (Å²) in [6.45, 7) is 0.476. The van der Waals surface area contributed by atoms with Crippen LogP contribution in [0.25, 0.3) is 0 Å². The van der Waals surface area contributed by atoms with Crippen LogP contribution in [-0.4, -0.2) is 60.4 Å². The van der Waals surface area contributed by atoms with Crippen LogP contribution in [-0.2, 0) is 26.7 Å². The molecule has 0 saturated carbocycles. The summed E-state index contributed by atoms with van der Waals surface area (Å²) in [7, 11) is -4.06. The van der Waals surface area contributed by atoms with Crippen molar-refractivity contribution in [3.8, 4) is 0 Å². The highest BCUT2D eigenvalue weighted by atomic mass is 32.2. The molecular weight excluding hydrogens is 439 g/mol. The summed E-state index contributed by atoms with van der Waals surface area (Å²) < 4.78 is 65.2. The second kappa shape index (κ2) is 9.36. The molecule has 11 heteroatoms. The number of carbonyl (C=O) groups is 1. The topological polar surface area (TPSA) is 70.6 Å². The monoisotopic (exact) mass is 459 g/mol. The van der Waals surface area contributed by atoms with Gasteiger partial charge in [0.15, 0.2) is 0 Å². The van der Waals surface area contributed by atoms with E-state index in [1.807, 2.05) is 12.1 Å². The van der Waals surface area contributed by atoms with E-state index in [0.29, 0.717) is 11.8 Å². The molecule has 1 aromatic heterocycles. The van der Waals surface area contributed by atoms with E-state index in [1.54, 1.807) is 17.3 Å². The third kappa shape index (κ3) is 5.52. The van der Waals surface area contributed by atoms with Gasteiger partial charge < -0.3 is 4.90 Å². The second-order valence-corrected chi connectivity index (χ2v) is 9.59. The number of hydrogen-bond acceptors (Lipinski definition) is 5. The number of thioether (sulfide) groups is 1. The van der Waals surface area contributed by atoms with Crippen LogP contribution < -0.4 is 0 Å². The normalized spacial score (nSPS) is 15.9. The van der Waals surface area contributed by atoms with Gasteiger partial charge in [0.05, 0.1) is 16.2 Å². The number of aromatic nitrogens is 1. The highest BCUT2D eigenvalue weighted by Gasteiger charge is 2.34. The summed E-state index contributed by atoms with van der Waals surface area (Å²) in [5.74, 6) is 0.804. The average molecular weight is 460 g/mol. The number of pyridine rings is 1. The SMILES string of the molecule is O=C(CSCc1cccnc1)N1CCN(S(=O)(=O)c2cccc(C(F)(F)F)c2)CC1. The first-order chi connectivity index (χ1) is 14.2. The van der Waals surface area contributed by atoms with Crippen molar-refractivity contribution in [2.75, 3.05) is 31.9 Å². The number of benzene rings is 1. The molecule has 1 fully saturated rings. The van der Waals surface area contributed by atoms with E-state index >= 15 is 0 Å². The van der Waals surface area contributed by atoms with Gasteiger partial charge in [-0.3, -0.25) is 9.78 Å². The third-order valence-corrected chi connectivity index (χ3v) is 7.49. The Labute approximate surface area is 177 Å². The summed E-state index contributed by atoms with van der Waals surface area (Å²) in [5.41, 5.74) is -0.00432. The zero-order valence-corrected chi connectivity index (χ0v) is 17.5. The molecule has 1 saturated heterocycles. The molecule has 0 atom stereocenters. The molecule has 1 amide bonds. The maximum Gasteiger partial charge on any atom is 0.416 e. The molecule has 0 aliphatic carbocycles. The van der Waals surface area contributed by atoms with Crippen LogP contribution in [0.15, 0.2) is 53.7 Å². The quantitative estimate of drug-likeness (QED) is 0.665. The lowest BCUT2D eigenvalue weighted by Gasteiger charge is -2.34. The molecule has 0 bridgehead atoms. The minimum absolute atomic E-state index is 0.0393. The highest BCUT2D eigenvalue weighted by molar-refractivity contribution is 7.99. The molecule has 0 spiro atoms. The van der Waals surface area contributed by atoms with Crippen molar-refractivity contribution in [2.24, 2.45) is 0 Å². The van der Waals surface area contributed by atoms with E-state index < -0.39 is 26.7 Å². The lowest BCUT2D eigenvalue weighted by molar-refractivity contribution is -0.137. The van der Waals surface area contributed by atoms with Gasteiger partial charge in [0, 0.05) is 44.3 Å². The lowest BCUT2D eigenvalue weighted by atomic mass is 10.2. The predicted molar refractivity (Wildman–Crippen MR) is 107 cm³/mol.